The minimum atomic E-state index is -0.816. The molecule has 1 saturated heterocycles. The summed E-state index contributed by atoms with van der Waals surface area (Å²) in [7, 11) is 1.37. The number of rotatable bonds is 7. The summed E-state index contributed by atoms with van der Waals surface area (Å²) in [5.41, 5.74) is 4.94. The van der Waals surface area contributed by atoms with Crippen LogP contribution in [0.1, 0.15) is 30.1 Å². The number of methoxy groups -OCH3 is 1. The topological polar surface area (TPSA) is 135 Å². The Morgan fingerprint density at radius 3 is 2.75 bits per heavy atom. The lowest BCUT2D eigenvalue weighted by Gasteiger charge is -2.33. The third-order valence-electron chi connectivity index (χ3n) is 7.05. The lowest BCUT2D eigenvalue weighted by Crippen LogP contribution is -2.44. The highest BCUT2D eigenvalue weighted by molar-refractivity contribution is 6.30. The van der Waals surface area contributed by atoms with Gasteiger partial charge in [-0.05, 0) is 61.2 Å². The van der Waals surface area contributed by atoms with Crippen LogP contribution < -0.4 is 21.1 Å². The molecule has 40 heavy (non-hydrogen) atoms. The van der Waals surface area contributed by atoms with Crippen LogP contribution in [0.4, 0.5) is 16.2 Å². The molecule has 0 saturated carbocycles. The van der Waals surface area contributed by atoms with Crippen LogP contribution in [0, 0.1) is 6.92 Å². The van der Waals surface area contributed by atoms with Gasteiger partial charge in [-0.15, -0.1) is 12.4 Å². The number of carbonyl (C=O) groups excluding carboxylic acids is 1. The van der Waals surface area contributed by atoms with Crippen molar-refractivity contribution < 1.29 is 14.6 Å². The molecular weight excluding hydrogens is 555 g/mol. The molecule has 3 heterocycles. The number of aryl methyl sites for hydroxylation is 1. The molecule has 12 heteroatoms. The standard InChI is InChI=1S/C28H31ClN6O4.ClH/c1-16-12-20(35-10-7-19(8-11-35)32-28(38)39-2)14-22-25(16)34-26(33-22)24-21(6-9-30-27(24)37)31-15-23(36)17-4-3-5-18(29)13-17;/h3-6,9,12-14,19,23,36H,7-8,10-11,15H2,1-2H3,(H,32,38)(H,33,34)(H2,30,31,37);1H/t23-;/m1./s1. The summed E-state index contributed by atoms with van der Waals surface area (Å²) in [4.78, 5) is 37.6. The zero-order chi connectivity index (χ0) is 27.5. The van der Waals surface area contributed by atoms with E-state index in [0.717, 1.165) is 48.2 Å². The van der Waals surface area contributed by atoms with E-state index in [0.29, 0.717) is 27.7 Å². The smallest absolute Gasteiger partial charge is 0.407 e. The number of carbonyl (C=O) groups is 1. The molecular formula is C28H32Cl2N6O4. The lowest BCUT2D eigenvalue weighted by molar-refractivity contribution is 0.164. The minimum Gasteiger partial charge on any atom is -0.453 e. The van der Waals surface area contributed by atoms with Gasteiger partial charge >= 0.3 is 6.09 Å². The number of pyridine rings is 1. The van der Waals surface area contributed by atoms with Gasteiger partial charge in [0.15, 0.2) is 0 Å². The van der Waals surface area contributed by atoms with E-state index in [-0.39, 0.29) is 30.6 Å². The third-order valence-corrected chi connectivity index (χ3v) is 7.28. The molecule has 0 bridgehead atoms. The molecule has 2 aromatic heterocycles. The zero-order valence-corrected chi connectivity index (χ0v) is 23.7. The number of imidazole rings is 1. The van der Waals surface area contributed by atoms with Crippen LogP contribution in [0.25, 0.3) is 22.4 Å². The second-order valence-corrected chi connectivity index (χ2v) is 10.1. The number of halogens is 2. The molecule has 2 aromatic carbocycles. The number of hydrogen-bond acceptors (Lipinski definition) is 7. The van der Waals surface area contributed by atoms with Crippen LogP contribution >= 0.6 is 24.0 Å². The maximum absolute atomic E-state index is 12.9. The number of fused-ring (bicyclic) bond motifs is 1. The van der Waals surface area contributed by atoms with Crippen molar-refractivity contribution in [1.82, 2.24) is 20.3 Å². The number of aromatic amines is 2. The largest absolute Gasteiger partial charge is 0.453 e. The second kappa shape index (κ2) is 12.6. The van der Waals surface area contributed by atoms with Crippen molar-refractivity contribution in [2.45, 2.75) is 31.9 Å². The van der Waals surface area contributed by atoms with Gasteiger partial charge in [-0.25, -0.2) is 9.78 Å². The van der Waals surface area contributed by atoms with Gasteiger partial charge in [-0.3, -0.25) is 4.79 Å². The molecule has 10 nitrogen and oxygen atoms in total. The Labute approximate surface area is 242 Å². The first-order valence-corrected chi connectivity index (χ1v) is 13.2. The number of nitrogens with one attached hydrogen (secondary N) is 4. The monoisotopic (exact) mass is 586 g/mol. The Kier molecular flexibility index (Phi) is 9.24. The molecule has 5 rings (SSSR count). The van der Waals surface area contributed by atoms with Gasteiger partial charge in [0.05, 0.1) is 29.9 Å². The molecule has 1 atom stereocenters. The third kappa shape index (κ3) is 6.35. The second-order valence-electron chi connectivity index (χ2n) is 9.69. The van der Waals surface area contributed by atoms with Gasteiger partial charge in [-0.1, -0.05) is 23.7 Å². The Morgan fingerprint density at radius 1 is 1.25 bits per heavy atom. The van der Waals surface area contributed by atoms with E-state index in [1.54, 1.807) is 36.5 Å². The summed E-state index contributed by atoms with van der Waals surface area (Å²) in [6, 6.07) is 13.0. The number of alkyl carbamates (subject to hydrolysis) is 1. The summed E-state index contributed by atoms with van der Waals surface area (Å²) in [5.74, 6) is 0.438. The van der Waals surface area contributed by atoms with Gasteiger partial charge in [-0.2, -0.15) is 0 Å². The molecule has 0 unspecified atom stereocenters. The van der Waals surface area contributed by atoms with Gasteiger partial charge in [0, 0.05) is 42.6 Å². The van der Waals surface area contributed by atoms with Crippen molar-refractivity contribution >= 4 is 52.5 Å². The van der Waals surface area contributed by atoms with E-state index < -0.39 is 12.2 Å². The molecule has 0 aliphatic carbocycles. The molecule has 0 spiro atoms. The number of aliphatic hydroxyl groups excluding tert-OH is 1. The molecule has 1 aliphatic rings. The Bertz CT molecular complexity index is 1550. The first kappa shape index (κ1) is 29.3. The van der Waals surface area contributed by atoms with E-state index in [1.165, 1.54) is 7.11 Å². The SMILES string of the molecule is COC(=O)NC1CCN(c2cc(C)c3nc(-c4c(NC[C@@H](O)c5cccc(Cl)c5)cc[nH]c4=O)[nH]c3c2)CC1.Cl. The van der Waals surface area contributed by atoms with Gasteiger partial charge < -0.3 is 35.3 Å². The number of piperidine rings is 1. The summed E-state index contributed by atoms with van der Waals surface area (Å²) in [6.07, 6.45) is 1.97. The van der Waals surface area contributed by atoms with E-state index >= 15 is 0 Å². The van der Waals surface area contributed by atoms with E-state index in [4.69, 9.17) is 21.3 Å². The van der Waals surface area contributed by atoms with E-state index in [1.807, 2.05) is 13.0 Å². The van der Waals surface area contributed by atoms with Crippen LogP contribution in [0.15, 0.2) is 53.5 Å². The predicted octanol–water partition coefficient (Wildman–Crippen LogP) is 4.77. The fourth-order valence-electron chi connectivity index (χ4n) is 4.98. The lowest BCUT2D eigenvalue weighted by atomic mass is 10.0. The predicted molar refractivity (Wildman–Crippen MR) is 160 cm³/mol. The number of benzene rings is 2. The number of H-pyrrole nitrogens is 2. The van der Waals surface area contributed by atoms with Gasteiger partial charge in [0.2, 0.25) is 0 Å². The summed E-state index contributed by atoms with van der Waals surface area (Å²) >= 11 is 6.06. The maximum Gasteiger partial charge on any atom is 0.407 e. The summed E-state index contributed by atoms with van der Waals surface area (Å²) < 4.78 is 4.71. The molecule has 1 fully saturated rings. The average molecular weight is 588 g/mol. The van der Waals surface area contributed by atoms with E-state index in [2.05, 4.69) is 31.6 Å². The highest BCUT2D eigenvalue weighted by Crippen LogP contribution is 2.30. The minimum absolute atomic E-state index is 0. The zero-order valence-electron chi connectivity index (χ0n) is 22.2. The quantitative estimate of drug-likeness (QED) is 0.210. The summed E-state index contributed by atoms with van der Waals surface area (Å²) in [5, 5.41) is 17.3. The van der Waals surface area contributed by atoms with Crippen LogP contribution in [0.3, 0.4) is 0 Å². The molecule has 0 radical (unpaired) electrons. The van der Waals surface area contributed by atoms with Crippen LogP contribution in [-0.4, -0.2) is 58.9 Å². The fraction of sp³-hybridized carbons (Fsp3) is 0.321. The maximum atomic E-state index is 12.9. The Balaban J connectivity index is 0.00000370. The Hall–Kier alpha value is -3.73. The fourth-order valence-corrected chi connectivity index (χ4v) is 5.18. The van der Waals surface area contributed by atoms with Crippen molar-refractivity contribution in [3.63, 3.8) is 0 Å². The molecule has 4 aromatic rings. The number of hydrogen-bond donors (Lipinski definition) is 5. The summed E-state index contributed by atoms with van der Waals surface area (Å²) in [6.45, 7) is 3.77. The van der Waals surface area contributed by atoms with Gasteiger partial charge in [0.25, 0.3) is 5.56 Å². The van der Waals surface area contributed by atoms with Crippen LogP contribution in [-0.2, 0) is 4.74 Å². The first-order chi connectivity index (χ1) is 18.8. The molecule has 5 N–H and O–H groups in total. The number of ether oxygens (including phenoxy) is 1. The van der Waals surface area contributed by atoms with Crippen LogP contribution in [0.5, 0.6) is 0 Å². The van der Waals surface area contributed by atoms with Crippen LogP contribution in [0.2, 0.25) is 5.02 Å². The van der Waals surface area contributed by atoms with Crippen molar-refractivity contribution in [3.8, 4) is 11.4 Å². The van der Waals surface area contributed by atoms with Crippen molar-refractivity contribution in [2.75, 3.05) is 37.0 Å². The first-order valence-electron chi connectivity index (χ1n) is 12.8. The number of aliphatic hydroxyl groups is 1. The average Bonchev–Trinajstić information content (AvgIpc) is 3.36. The van der Waals surface area contributed by atoms with Crippen molar-refractivity contribution in [1.29, 1.82) is 0 Å². The number of aromatic nitrogens is 3. The normalized spacial score (nSPS) is 14.4. The highest BCUT2D eigenvalue weighted by atomic mass is 35.5. The molecule has 1 amide bonds. The van der Waals surface area contributed by atoms with E-state index in [9.17, 15) is 14.7 Å². The highest BCUT2D eigenvalue weighted by Gasteiger charge is 2.23. The molecule has 212 valence electrons. The number of anilines is 2. The van der Waals surface area contributed by atoms with Gasteiger partial charge in [0.1, 0.15) is 11.4 Å². The van der Waals surface area contributed by atoms with Crippen molar-refractivity contribution in [2.24, 2.45) is 0 Å². The van der Waals surface area contributed by atoms with Crippen molar-refractivity contribution in [3.05, 3.63) is 75.2 Å². The molecule has 1 aliphatic heterocycles. The Morgan fingerprint density at radius 2 is 2.02 bits per heavy atom. The number of amides is 1. The number of nitrogens with zero attached hydrogens (tertiary/aromatic N) is 2.